The molecule has 3 aromatic heterocycles. The number of nitrogens with zero attached hydrogens (tertiary/aromatic N) is 3. The summed E-state index contributed by atoms with van der Waals surface area (Å²) in [6.45, 7) is 3.31. The van der Waals surface area contributed by atoms with Crippen LogP contribution >= 0.6 is 22.7 Å². The van der Waals surface area contributed by atoms with Crippen LogP contribution in [0.25, 0.3) is 0 Å². The molecule has 24 heavy (non-hydrogen) atoms. The molecule has 0 aromatic carbocycles. The molecule has 0 fully saturated rings. The lowest BCUT2D eigenvalue weighted by Gasteiger charge is -2.33. The van der Waals surface area contributed by atoms with Crippen molar-refractivity contribution < 1.29 is 4.79 Å². The summed E-state index contributed by atoms with van der Waals surface area (Å²) in [7, 11) is 0. The van der Waals surface area contributed by atoms with Crippen LogP contribution in [0.2, 0.25) is 0 Å². The molecule has 4 heterocycles. The number of hydrogen-bond acceptors (Lipinski definition) is 5. The predicted octanol–water partition coefficient (Wildman–Crippen LogP) is 2.99. The monoisotopic (exact) mass is 358 g/mol. The number of amides is 1. The van der Waals surface area contributed by atoms with Crippen LogP contribution in [0.3, 0.4) is 0 Å². The minimum Gasteiger partial charge on any atom is -0.350 e. The van der Waals surface area contributed by atoms with Gasteiger partial charge >= 0.3 is 0 Å². The number of carbonyl (C=O) groups excluding carboxylic acids is 1. The number of aromatic nitrogens is 2. The van der Waals surface area contributed by atoms with E-state index in [-0.39, 0.29) is 11.9 Å². The molecule has 1 aliphatic rings. The fourth-order valence-electron chi connectivity index (χ4n) is 3.07. The topological polar surface area (TPSA) is 50.2 Å². The lowest BCUT2D eigenvalue weighted by molar-refractivity contribution is 0.0933. The first-order chi connectivity index (χ1) is 11.8. The van der Waals surface area contributed by atoms with Crippen LogP contribution in [0, 0.1) is 0 Å². The standard InChI is InChI=1S/C17H18N4OS2/c22-17(13-4-7-23-12-13)18-8-15-10-20(11-16-2-1-6-24-16)9-14-3-5-19-21(14)15/h1-7,12,15H,8-11H2,(H,18,22). The fourth-order valence-corrected chi connectivity index (χ4v) is 4.45. The maximum atomic E-state index is 12.2. The van der Waals surface area contributed by atoms with E-state index in [1.54, 1.807) is 11.3 Å². The lowest BCUT2D eigenvalue weighted by Crippen LogP contribution is -2.42. The van der Waals surface area contributed by atoms with Crippen LogP contribution < -0.4 is 5.32 Å². The zero-order chi connectivity index (χ0) is 16.4. The minimum absolute atomic E-state index is 0.0136. The minimum atomic E-state index is -0.0136. The average Bonchev–Trinajstić information content (AvgIpc) is 3.32. The van der Waals surface area contributed by atoms with Gasteiger partial charge in [-0.05, 0) is 29.0 Å². The summed E-state index contributed by atoms with van der Waals surface area (Å²) < 4.78 is 2.05. The first-order valence-electron chi connectivity index (χ1n) is 7.87. The van der Waals surface area contributed by atoms with Crippen molar-refractivity contribution in [2.75, 3.05) is 13.1 Å². The Morgan fingerprint density at radius 2 is 2.29 bits per heavy atom. The van der Waals surface area contributed by atoms with Crippen LogP contribution in [-0.4, -0.2) is 33.7 Å². The van der Waals surface area contributed by atoms with E-state index < -0.39 is 0 Å². The smallest absolute Gasteiger partial charge is 0.252 e. The van der Waals surface area contributed by atoms with Crippen molar-refractivity contribution in [3.05, 3.63) is 62.7 Å². The highest BCUT2D eigenvalue weighted by Gasteiger charge is 2.26. The predicted molar refractivity (Wildman–Crippen MR) is 96.3 cm³/mol. The number of rotatable bonds is 5. The van der Waals surface area contributed by atoms with Crippen molar-refractivity contribution in [3.63, 3.8) is 0 Å². The van der Waals surface area contributed by atoms with E-state index in [0.29, 0.717) is 6.54 Å². The average molecular weight is 358 g/mol. The van der Waals surface area contributed by atoms with Crippen molar-refractivity contribution >= 4 is 28.6 Å². The van der Waals surface area contributed by atoms with Gasteiger partial charge < -0.3 is 5.32 Å². The van der Waals surface area contributed by atoms with E-state index in [1.807, 2.05) is 23.0 Å². The molecule has 1 N–H and O–H groups in total. The molecule has 0 radical (unpaired) electrons. The molecule has 1 unspecified atom stereocenters. The van der Waals surface area contributed by atoms with Gasteiger partial charge in [-0.1, -0.05) is 6.07 Å². The zero-order valence-electron chi connectivity index (χ0n) is 13.1. The molecule has 1 amide bonds. The quantitative estimate of drug-likeness (QED) is 0.763. The van der Waals surface area contributed by atoms with E-state index >= 15 is 0 Å². The van der Waals surface area contributed by atoms with Crippen LogP contribution in [0.5, 0.6) is 0 Å². The summed E-state index contributed by atoms with van der Waals surface area (Å²) in [4.78, 5) is 16.0. The molecule has 7 heteroatoms. The van der Waals surface area contributed by atoms with Crippen molar-refractivity contribution in [1.82, 2.24) is 20.0 Å². The molecular weight excluding hydrogens is 340 g/mol. The third-order valence-corrected chi connectivity index (χ3v) is 5.74. The highest BCUT2D eigenvalue weighted by molar-refractivity contribution is 7.09. The summed E-state index contributed by atoms with van der Waals surface area (Å²) in [5.74, 6) is -0.0136. The van der Waals surface area contributed by atoms with Crippen molar-refractivity contribution in [1.29, 1.82) is 0 Å². The molecule has 0 saturated heterocycles. The van der Waals surface area contributed by atoms with Gasteiger partial charge in [-0.3, -0.25) is 14.4 Å². The Morgan fingerprint density at radius 3 is 3.08 bits per heavy atom. The van der Waals surface area contributed by atoms with Gasteiger partial charge in [0.05, 0.1) is 11.7 Å². The van der Waals surface area contributed by atoms with Gasteiger partial charge in [0.2, 0.25) is 0 Å². The van der Waals surface area contributed by atoms with Gasteiger partial charge in [-0.15, -0.1) is 11.3 Å². The molecule has 124 valence electrons. The number of hydrogen-bond donors (Lipinski definition) is 1. The molecular formula is C17H18N4OS2. The Kier molecular flexibility index (Phi) is 4.46. The van der Waals surface area contributed by atoms with Crippen LogP contribution in [0.15, 0.2) is 46.6 Å². The summed E-state index contributed by atoms with van der Waals surface area (Å²) in [5, 5.41) is 13.4. The fraction of sp³-hybridized carbons (Fsp3) is 0.294. The summed E-state index contributed by atoms with van der Waals surface area (Å²) >= 11 is 3.32. The second-order valence-corrected chi connectivity index (χ2v) is 7.70. The van der Waals surface area contributed by atoms with E-state index in [1.165, 1.54) is 21.9 Å². The molecule has 4 rings (SSSR count). The van der Waals surface area contributed by atoms with Gasteiger partial charge in [0.15, 0.2) is 0 Å². The largest absolute Gasteiger partial charge is 0.350 e. The molecule has 3 aromatic rings. The first-order valence-corrected chi connectivity index (χ1v) is 9.69. The SMILES string of the molecule is O=C(NCC1CN(Cc2cccs2)Cc2ccnn21)c1ccsc1. The van der Waals surface area contributed by atoms with Crippen molar-refractivity contribution in [2.24, 2.45) is 0 Å². The Bertz CT molecular complexity index is 795. The third kappa shape index (κ3) is 3.28. The summed E-state index contributed by atoms with van der Waals surface area (Å²) in [6.07, 6.45) is 1.84. The Labute approximate surface area is 148 Å². The molecule has 0 aliphatic carbocycles. The van der Waals surface area contributed by atoms with E-state index in [2.05, 4.69) is 43.6 Å². The van der Waals surface area contributed by atoms with Crippen molar-refractivity contribution in [3.8, 4) is 0 Å². The van der Waals surface area contributed by atoms with Gasteiger partial charge in [-0.25, -0.2) is 0 Å². The molecule has 1 atom stereocenters. The molecule has 1 aliphatic heterocycles. The highest BCUT2D eigenvalue weighted by Crippen LogP contribution is 2.23. The third-order valence-electron chi connectivity index (χ3n) is 4.19. The van der Waals surface area contributed by atoms with Crippen LogP contribution in [0.1, 0.15) is 27.0 Å². The molecule has 0 saturated carbocycles. The number of nitrogens with one attached hydrogen (secondary N) is 1. The molecule has 5 nitrogen and oxygen atoms in total. The molecule has 0 bridgehead atoms. The van der Waals surface area contributed by atoms with Gasteiger partial charge in [0, 0.05) is 48.2 Å². The zero-order valence-corrected chi connectivity index (χ0v) is 14.7. The Balaban J connectivity index is 1.44. The normalized spacial score (nSPS) is 17.6. The van der Waals surface area contributed by atoms with E-state index in [9.17, 15) is 4.79 Å². The molecule has 0 spiro atoms. The summed E-state index contributed by atoms with van der Waals surface area (Å²) in [6, 6.07) is 8.33. The lowest BCUT2D eigenvalue weighted by atomic mass is 10.1. The Hall–Kier alpha value is -1.96. The van der Waals surface area contributed by atoms with Crippen LogP contribution in [0.4, 0.5) is 0 Å². The van der Waals surface area contributed by atoms with Crippen molar-refractivity contribution in [2.45, 2.75) is 19.1 Å². The van der Waals surface area contributed by atoms with E-state index in [0.717, 1.165) is 25.2 Å². The Morgan fingerprint density at radius 1 is 1.33 bits per heavy atom. The first kappa shape index (κ1) is 15.6. The van der Waals surface area contributed by atoms with Gasteiger partial charge in [-0.2, -0.15) is 16.4 Å². The van der Waals surface area contributed by atoms with Crippen LogP contribution in [-0.2, 0) is 13.1 Å². The van der Waals surface area contributed by atoms with Gasteiger partial charge in [0.1, 0.15) is 0 Å². The second kappa shape index (κ2) is 6.88. The highest BCUT2D eigenvalue weighted by atomic mass is 32.1. The summed E-state index contributed by atoms with van der Waals surface area (Å²) in [5.41, 5.74) is 1.93. The number of fused-ring (bicyclic) bond motifs is 1. The van der Waals surface area contributed by atoms with Gasteiger partial charge in [0.25, 0.3) is 5.91 Å². The number of thiophene rings is 2. The maximum absolute atomic E-state index is 12.2. The van der Waals surface area contributed by atoms with E-state index in [4.69, 9.17) is 0 Å². The number of carbonyl (C=O) groups is 1. The maximum Gasteiger partial charge on any atom is 0.252 e. The second-order valence-electron chi connectivity index (χ2n) is 5.89.